The molecule has 1 amide bonds. The zero-order chi connectivity index (χ0) is 20.0. The lowest BCUT2D eigenvalue weighted by atomic mass is 10.1. The lowest BCUT2D eigenvalue weighted by Crippen LogP contribution is -2.18. The largest absolute Gasteiger partial charge is 0.306 e. The molecule has 4 rings (SSSR count). The van der Waals surface area contributed by atoms with Crippen LogP contribution < -0.4 is 5.32 Å². The summed E-state index contributed by atoms with van der Waals surface area (Å²) in [5.41, 5.74) is 3.03. The van der Waals surface area contributed by atoms with Gasteiger partial charge < -0.3 is 5.32 Å². The molecule has 2 aromatic carbocycles. The van der Waals surface area contributed by atoms with E-state index < -0.39 is 23.1 Å². The van der Waals surface area contributed by atoms with Crippen molar-refractivity contribution < 1.29 is 13.6 Å². The summed E-state index contributed by atoms with van der Waals surface area (Å²) in [6.07, 6.45) is 0. The fraction of sp³-hybridized carbons (Fsp3) is 0.150. The van der Waals surface area contributed by atoms with Gasteiger partial charge in [0.2, 0.25) is 5.13 Å². The van der Waals surface area contributed by atoms with Gasteiger partial charge in [-0.3, -0.25) is 4.79 Å². The number of halogens is 2. The summed E-state index contributed by atoms with van der Waals surface area (Å²) in [7, 11) is 0. The molecule has 0 unspecified atom stereocenters. The number of benzene rings is 2. The number of nitrogens with one attached hydrogen (secondary N) is 1. The summed E-state index contributed by atoms with van der Waals surface area (Å²) >= 11 is 1.43. The Morgan fingerprint density at radius 3 is 2.54 bits per heavy atom. The van der Waals surface area contributed by atoms with Crippen molar-refractivity contribution in [3.05, 3.63) is 70.4 Å². The molecule has 5 nitrogen and oxygen atoms in total. The van der Waals surface area contributed by atoms with E-state index in [1.54, 1.807) is 13.0 Å². The lowest BCUT2D eigenvalue weighted by Gasteiger charge is -2.08. The highest BCUT2D eigenvalue weighted by atomic mass is 32.1. The van der Waals surface area contributed by atoms with Crippen LogP contribution in [0.2, 0.25) is 0 Å². The van der Waals surface area contributed by atoms with Crippen molar-refractivity contribution in [2.75, 3.05) is 5.32 Å². The van der Waals surface area contributed by atoms with E-state index in [1.807, 2.05) is 26.0 Å². The third kappa shape index (κ3) is 3.16. The van der Waals surface area contributed by atoms with Crippen molar-refractivity contribution in [3.8, 4) is 5.13 Å². The van der Waals surface area contributed by atoms with Crippen molar-refractivity contribution in [2.45, 2.75) is 20.8 Å². The van der Waals surface area contributed by atoms with Crippen LogP contribution in [-0.4, -0.2) is 20.7 Å². The van der Waals surface area contributed by atoms with Crippen molar-refractivity contribution in [1.29, 1.82) is 0 Å². The highest BCUT2D eigenvalue weighted by Crippen LogP contribution is 2.30. The van der Waals surface area contributed by atoms with Crippen LogP contribution in [0.3, 0.4) is 0 Å². The predicted molar refractivity (Wildman–Crippen MR) is 105 cm³/mol. The molecule has 2 aromatic heterocycles. The number of aromatic nitrogens is 3. The van der Waals surface area contributed by atoms with Gasteiger partial charge in [0, 0.05) is 6.07 Å². The SMILES string of the molecule is Cc1cc(C)c2nc(-n3nc(C)cc3NC(=O)c3c(F)cccc3F)sc2c1. The van der Waals surface area contributed by atoms with Crippen LogP contribution in [0.1, 0.15) is 27.2 Å². The molecule has 0 atom stereocenters. The monoisotopic (exact) mass is 398 g/mol. The molecule has 0 spiro atoms. The number of thiazole rings is 1. The van der Waals surface area contributed by atoms with Crippen LogP contribution in [-0.2, 0) is 0 Å². The number of anilines is 1. The van der Waals surface area contributed by atoms with Gasteiger partial charge in [-0.05, 0) is 50.1 Å². The quantitative estimate of drug-likeness (QED) is 0.532. The molecule has 0 aliphatic rings. The number of rotatable bonds is 3. The third-order valence-electron chi connectivity index (χ3n) is 4.26. The number of fused-ring (bicyclic) bond motifs is 1. The number of hydrogen-bond acceptors (Lipinski definition) is 4. The first-order valence-electron chi connectivity index (χ1n) is 8.53. The van der Waals surface area contributed by atoms with Gasteiger partial charge >= 0.3 is 0 Å². The van der Waals surface area contributed by atoms with Crippen LogP contribution in [0.15, 0.2) is 36.4 Å². The molecule has 28 heavy (non-hydrogen) atoms. The number of hydrogen-bond donors (Lipinski definition) is 1. The van der Waals surface area contributed by atoms with Crippen LogP contribution in [0.4, 0.5) is 14.6 Å². The van der Waals surface area contributed by atoms with E-state index in [1.165, 1.54) is 22.1 Å². The maximum Gasteiger partial charge on any atom is 0.262 e. The van der Waals surface area contributed by atoms with Crippen molar-refractivity contribution in [3.63, 3.8) is 0 Å². The smallest absolute Gasteiger partial charge is 0.262 e. The van der Waals surface area contributed by atoms with E-state index in [0.29, 0.717) is 16.6 Å². The van der Waals surface area contributed by atoms with Gasteiger partial charge in [-0.1, -0.05) is 23.5 Å². The molecule has 0 radical (unpaired) electrons. The Labute approximate surface area is 163 Å². The molecule has 8 heteroatoms. The van der Waals surface area contributed by atoms with E-state index >= 15 is 0 Å². The number of nitrogens with zero attached hydrogens (tertiary/aromatic N) is 3. The number of aryl methyl sites for hydroxylation is 3. The molecule has 0 aliphatic heterocycles. The number of carbonyl (C=O) groups excluding carboxylic acids is 1. The average Bonchev–Trinajstić information content (AvgIpc) is 3.18. The molecular weight excluding hydrogens is 382 g/mol. The Morgan fingerprint density at radius 2 is 1.82 bits per heavy atom. The fourth-order valence-corrected chi connectivity index (χ4v) is 4.18. The van der Waals surface area contributed by atoms with E-state index in [-0.39, 0.29) is 0 Å². The van der Waals surface area contributed by atoms with Crippen molar-refractivity contribution in [1.82, 2.24) is 14.8 Å². The predicted octanol–water partition coefficient (Wildman–Crippen LogP) is 4.94. The minimum atomic E-state index is -0.925. The molecule has 142 valence electrons. The van der Waals surface area contributed by atoms with Gasteiger partial charge in [0.1, 0.15) is 23.0 Å². The highest BCUT2D eigenvalue weighted by Gasteiger charge is 2.20. The second kappa shape index (κ2) is 6.79. The zero-order valence-corrected chi connectivity index (χ0v) is 16.2. The summed E-state index contributed by atoms with van der Waals surface area (Å²) in [5, 5.41) is 7.49. The molecular formula is C20H16F2N4OS. The van der Waals surface area contributed by atoms with Gasteiger partial charge in [0.25, 0.3) is 5.91 Å². The molecule has 0 saturated carbocycles. The topological polar surface area (TPSA) is 59.8 Å². The molecule has 0 saturated heterocycles. The van der Waals surface area contributed by atoms with Crippen LogP contribution in [0.5, 0.6) is 0 Å². The van der Waals surface area contributed by atoms with E-state index in [2.05, 4.69) is 15.4 Å². The van der Waals surface area contributed by atoms with Gasteiger partial charge in [0.05, 0.1) is 15.9 Å². The molecule has 2 heterocycles. The first kappa shape index (κ1) is 18.2. The van der Waals surface area contributed by atoms with Crippen LogP contribution in [0, 0.1) is 32.4 Å². The second-order valence-corrected chi connectivity index (χ2v) is 7.57. The molecule has 0 aliphatic carbocycles. The fourth-order valence-electron chi connectivity index (χ4n) is 3.08. The number of carbonyl (C=O) groups is 1. The summed E-state index contributed by atoms with van der Waals surface area (Å²) in [6, 6.07) is 9.00. The van der Waals surface area contributed by atoms with E-state index in [4.69, 9.17) is 0 Å². The van der Waals surface area contributed by atoms with Crippen molar-refractivity contribution >= 4 is 33.3 Å². The first-order chi connectivity index (χ1) is 13.3. The Kier molecular flexibility index (Phi) is 4.43. The first-order valence-corrected chi connectivity index (χ1v) is 9.35. The Bertz CT molecular complexity index is 1210. The molecule has 4 aromatic rings. The summed E-state index contributed by atoms with van der Waals surface area (Å²) in [5.74, 6) is -2.44. The standard InChI is InChI=1S/C20H16F2N4OS/c1-10-7-11(2)18-15(8-10)28-20(24-18)26-16(9-12(3)25-26)23-19(27)17-13(21)5-4-6-14(17)22/h4-9H,1-3H3,(H,23,27). The van der Waals surface area contributed by atoms with Gasteiger partial charge in [-0.25, -0.2) is 13.8 Å². The Hall–Kier alpha value is -3.13. The van der Waals surface area contributed by atoms with E-state index in [0.717, 1.165) is 33.5 Å². The summed E-state index contributed by atoms with van der Waals surface area (Å²) < 4.78 is 30.3. The van der Waals surface area contributed by atoms with Crippen LogP contribution >= 0.6 is 11.3 Å². The summed E-state index contributed by atoms with van der Waals surface area (Å²) in [6.45, 7) is 5.76. The van der Waals surface area contributed by atoms with Gasteiger partial charge in [-0.15, -0.1) is 0 Å². The minimum Gasteiger partial charge on any atom is -0.306 e. The summed E-state index contributed by atoms with van der Waals surface area (Å²) in [4.78, 5) is 17.1. The number of amides is 1. The third-order valence-corrected chi connectivity index (χ3v) is 5.24. The maximum atomic E-state index is 13.9. The minimum absolute atomic E-state index is 0.290. The van der Waals surface area contributed by atoms with Gasteiger partial charge in [0.15, 0.2) is 0 Å². The molecule has 0 bridgehead atoms. The van der Waals surface area contributed by atoms with Crippen molar-refractivity contribution in [2.24, 2.45) is 0 Å². The normalized spacial score (nSPS) is 11.2. The second-order valence-electron chi connectivity index (χ2n) is 6.56. The Balaban J connectivity index is 1.76. The highest BCUT2D eigenvalue weighted by molar-refractivity contribution is 7.20. The zero-order valence-electron chi connectivity index (χ0n) is 15.4. The van der Waals surface area contributed by atoms with Gasteiger partial charge in [-0.2, -0.15) is 9.78 Å². The maximum absolute atomic E-state index is 13.9. The lowest BCUT2D eigenvalue weighted by molar-refractivity contribution is 0.101. The van der Waals surface area contributed by atoms with E-state index in [9.17, 15) is 13.6 Å². The van der Waals surface area contributed by atoms with Crippen LogP contribution in [0.25, 0.3) is 15.3 Å². The molecule has 1 N–H and O–H groups in total. The Morgan fingerprint density at radius 1 is 1.11 bits per heavy atom. The average molecular weight is 398 g/mol. The molecule has 0 fully saturated rings.